The van der Waals surface area contributed by atoms with Crippen molar-refractivity contribution in [2.24, 2.45) is 7.05 Å². The van der Waals surface area contributed by atoms with E-state index in [-0.39, 0.29) is 0 Å². The van der Waals surface area contributed by atoms with Crippen LogP contribution in [0, 0.1) is 0 Å². The lowest BCUT2D eigenvalue weighted by Crippen LogP contribution is -2.46. The molecule has 1 aromatic carbocycles. The average molecular weight is 484 g/mol. The van der Waals surface area contributed by atoms with Gasteiger partial charge in [-0.15, -0.1) is 0 Å². The summed E-state index contributed by atoms with van der Waals surface area (Å²) < 4.78 is 40.5. The zero-order chi connectivity index (χ0) is 24.7. The molecule has 0 spiro atoms. The molecular weight excluding hydrogens is 455 g/mol. The molecule has 1 saturated heterocycles. The molecule has 5 rings (SSSR count). The zero-order valence-electron chi connectivity index (χ0n) is 20.0. The molecule has 0 unspecified atom stereocenters. The molecule has 1 aliphatic rings. The number of nitrogens with one attached hydrogen (secondary N) is 1. The van der Waals surface area contributed by atoms with Crippen LogP contribution in [-0.4, -0.2) is 55.6 Å². The number of aryl methyl sites for hydroxylation is 1. The fraction of sp³-hybridized carbons (Fsp3) is 0.400. The number of H-pyrrole nitrogens is 1. The molecule has 0 saturated carbocycles. The topological polar surface area (TPSA) is 65.9 Å². The summed E-state index contributed by atoms with van der Waals surface area (Å²) in [5.41, 5.74) is 4.26. The Hall–Kier alpha value is -3.40. The molecule has 4 heterocycles. The third-order valence-corrected chi connectivity index (χ3v) is 6.51. The first-order valence-electron chi connectivity index (χ1n) is 11.7. The number of halogens is 3. The molecule has 0 aliphatic carbocycles. The Kier molecular flexibility index (Phi) is 6.00. The molecule has 0 atom stereocenters. The normalized spacial score (nSPS) is 15.5. The number of rotatable bonds is 5. The summed E-state index contributed by atoms with van der Waals surface area (Å²) in [6.07, 6.45) is 0.402. The first-order chi connectivity index (χ1) is 16.7. The maximum absolute atomic E-state index is 13.0. The van der Waals surface area contributed by atoms with Gasteiger partial charge in [-0.1, -0.05) is 38.1 Å². The minimum atomic E-state index is -4.44. The van der Waals surface area contributed by atoms with E-state index in [1.807, 2.05) is 29.4 Å². The van der Waals surface area contributed by atoms with Crippen LogP contribution in [0.15, 0.2) is 42.9 Å². The first kappa shape index (κ1) is 23.3. The van der Waals surface area contributed by atoms with Crippen molar-refractivity contribution in [1.82, 2.24) is 29.4 Å². The standard InChI is InChI=1S/C25H28F3N7/c1-16(2)18-6-4-5-7-19(18)23-30-13-20-22(32-23)17(12-29-20)14-34-8-10-35(11-9-34)24-31-21(15-33(24)3)25(26,27)28/h4-7,12-13,15-16,29H,8-11,14H2,1-3H3. The number of piperazine rings is 1. The van der Waals surface area contributed by atoms with Gasteiger partial charge in [-0.2, -0.15) is 13.2 Å². The number of aromatic nitrogens is 5. The van der Waals surface area contributed by atoms with Crippen LogP contribution in [0.4, 0.5) is 19.1 Å². The van der Waals surface area contributed by atoms with Gasteiger partial charge >= 0.3 is 6.18 Å². The Morgan fingerprint density at radius 3 is 2.49 bits per heavy atom. The van der Waals surface area contributed by atoms with Crippen LogP contribution in [0.25, 0.3) is 22.4 Å². The van der Waals surface area contributed by atoms with E-state index in [9.17, 15) is 13.2 Å². The summed E-state index contributed by atoms with van der Waals surface area (Å²) in [6.45, 7) is 7.66. The Labute approximate surface area is 201 Å². The fourth-order valence-electron chi connectivity index (χ4n) is 4.65. The van der Waals surface area contributed by atoms with Gasteiger partial charge in [-0.3, -0.25) is 4.90 Å². The van der Waals surface area contributed by atoms with Crippen molar-refractivity contribution in [3.63, 3.8) is 0 Å². The number of nitrogens with zero attached hydrogens (tertiary/aromatic N) is 6. The van der Waals surface area contributed by atoms with Crippen molar-refractivity contribution >= 4 is 17.0 Å². The van der Waals surface area contributed by atoms with Crippen molar-refractivity contribution in [1.29, 1.82) is 0 Å². The smallest absolute Gasteiger partial charge is 0.358 e. The van der Waals surface area contributed by atoms with Crippen molar-refractivity contribution < 1.29 is 13.2 Å². The van der Waals surface area contributed by atoms with Crippen LogP contribution in [0.1, 0.15) is 36.6 Å². The molecule has 1 N–H and O–H groups in total. The molecule has 1 fully saturated rings. The van der Waals surface area contributed by atoms with Crippen LogP contribution >= 0.6 is 0 Å². The van der Waals surface area contributed by atoms with E-state index >= 15 is 0 Å². The highest BCUT2D eigenvalue weighted by Gasteiger charge is 2.35. The Balaban J connectivity index is 1.32. The molecule has 3 aromatic heterocycles. The summed E-state index contributed by atoms with van der Waals surface area (Å²) in [7, 11) is 1.60. The van der Waals surface area contributed by atoms with Gasteiger partial charge in [0.1, 0.15) is 0 Å². The second-order valence-corrected chi connectivity index (χ2v) is 9.31. The summed E-state index contributed by atoms with van der Waals surface area (Å²) in [5.74, 6) is 1.42. The number of hydrogen-bond acceptors (Lipinski definition) is 5. The van der Waals surface area contributed by atoms with Crippen molar-refractivity contribution in [2.75, 3.05) is 31.1 Å². The number of fused-ring (bicyclic) bond motifs is 1. The number of alkyl halides is 3. The molecule has 0 amide bonds. The molecule has 184 valence electrons. The molecule has 0 radical (unpaired) electrons. The first-order valence-corrected chi connectivity index (χ1v) is 11.7. The van der Waals surface area contributed by atoms with E-state index in [1.165, 1.54) is 10.1 Å². The number of imidazole rings is 1. The zero-order valence-corrected chi connectivity index (χ0v) is 20.0. The van der Waals surface area contributed by atoms with Gasteiger partial charge < -0.3 is 14.5 Å². The van der Waals surface area contributed by atoms with Crippen LogP contribution in [0.2, 0.25) is 0 Å². The fourth-order valence-corrected chi connectivity index (χ4v) is 4.65. The Morgan fingerprint density at radius 2 is 1.80 bits per heavy atom. The Morgan fingerprint density at radius 1 is 1.06 bits per heavy atom. The maximum atomic E-state index is 13.0. The average Bonchev–Trinajstić information content (AvgIpc) is 3.43. The second-order valence-electron chi connectivity index (χ2n) is 9.31. The van der Waals surface area contributed by atoms with Gasteiger partial charge in [0, 0.05) is 63.3 Å². The van der Waals surface area contributed by atoms with Gasteiger partial charge in [0.05, 0.1) is 17.2 Å². The predicted octanol–water partition coefficient (Wildman–Crippen LogP) is 4.82. The van der Waals surface area contributed by atoms with E-state index in [0.29, 0.717) is 37.3 Å². The molecule has 7 nitrogen and oxygen atoms in total. The van der Waals surface area contributed by atoms with Crippen molar-refractivity contribution in [2.45, 2.75) is 32.5 Å². The molecule has 10 heteroatoms. The summed E-state index contributed by atoms with van der Waals surface area (Å²) in [6, 6.07) is 8.22. The maximum Gasteiger partial charge on any atom is 0.434 e. The number of benzene rings is 1. The highest BCUT2D eigenvalue weighted by Crippen LogP contribution is 2.31. The van der Waals surface area contributed by atoms with Crippen LogP contribution in [0.5, 0.6) is 0 Å². The largest absolute Gasteiger partial charge is 0.434 e. The van der Waals surface area contributed by atoms with E-state index in [4.69, 9.17) is 4.98 Å². The summed E-state index contributed by atoms with van der Waals surface area (Å²) in [4.78, 5) is 20.8. The van der Waals surface area contributed by atoms with Crippen molar-refractivity contribution in [3.8, 4) is 11.4 Å². The van der Waals surface area contributed by atoms with Gasteiger partial charge in [0.25, 0.3) is 0 Å². The quantitative estimate of drug-likeness (QED) is 0.441. The van der Waals surface area contributed by atoms with E-state index in [1.54, 1.807) is 7.05 Å². The number of aromatic amines is 1. The number of hydrogen-bond donors (Lipinski definition) is 1. The third-order valence-electron chi connectivity index (χ3n) is 6.51. The lowest BCUT2D eigenvalue weighted by Gasteiger charge is -2.35. The highest BCUT2D eigenvalue weighted by atomic mass is 19.4. The van der Waals surface area contributed by atoms with Gasteiger partial charge in [0.15, 0.2) is 11.5 Å². The van der Waals surface area contributed by atoms with Crippen LogP contribution in [-0.2, 0) is 19.8 Å². The molecular formula is C25H28F3N7. The molecule has 4 aromatic rings. The lowest BCUT2D eigenvalue weighted by molar-refractivity contribution is -0.140. The molecule has 0 bridgehead atoms. The Bertz CT molecular complexity index is 1330. The number of anilines is 1. The van der Waals surface area contributed by atoms with Gasteiger partial charge in [-0.25, -0.2) is 15.0 Å². The second kappa shape index (κ2) is 8.99. The summed E-state index contributed by atoms with van der Waals surface area (Å²) >= 11 is 0. The monoisotopic (exact) mass is 483 g/mol. The molecule has 35 heavy (non-hydrogen) atoms. The van der Waals surface area contributed by atoms with Crippen LogP contribution < -0.4 is 4.90 Å². The summed E-state index contributed by atoms with van der Waals surface area (Å²) in [5, 5.41) is 0. The van der Waals surface area contributed by atoms with E-state index in [2.05, 4.69) is 45.8 Å². The predicted molar refractivity (Wildman–Crippen MR) is 129 cm³/mol. The minimum Gasteiger partial charge on any atom is -0.358 e. The van der Waals surface area contributed by atoms with Gasteiger partial charge in [0.2, 0.25) is 5.95 Å². The molecule has 1 aliphatic heterocycles. The lowest BCUT2D eigenvalue weighted by atomic mass is 9.97. The van der Waals surface area contributed by atoms with E-state index in [0.717, 1.165) is 41.4 Å². The van der Waals surface area contributed by atoms with Crippen molar-refractivity contribution in [3.05, 3.63) is 59.7 Å². The highest BCUT2D eigenvalue weighted by molar-refractivity contribution is 5.80. The van der Waals surface area contributed by atoms with Crippen LogP contribution in [0.3, 0.4) is 0 Å². The van der Waals surface area contributed by atoms with Gasteiger partial charge in [-0.05, 0) is 11.5 Å². The SMILES string of the molecule is CC(C)c1ccccc1-c1ncc2[nH]cc(CN3CCN(c4nc(C(F)(F)F)cn4C)CC3)c2n1. The minimum absolute atomic E-state index is 0.352. The van der Waals surface area contributed by atoms with E-state index < -0.39 is 11.9 Å². The third kappa shape index (κ3) is 4.62.